The van der Waals surface area contributed by atoms with Crippen LogP contribution in [0.1, 0.15) is 18.1 Å². The highest BCUT2D eigenvalue weighted by Gasteiger charge is 2.34. The molecule has 0 aliphatic carbocycles. The van der Waals surface area contributed by atoms with E-state index in [0.29, 0.717) is 5.69 Å². The van der Waals surface area contributed by atoms with Gasteiger partial charge in [0.15, 0.2) is 9.84 Å². The molecule has 0 bridgehead atoms. The summed E-state index contributed by atoms with van der Waals surface area (Å²) in [6.45, 7) is 1.62. The molecule has 0 amide bonds. The van der Waals surface area contributed by atoms with Gasteiger partial charge in [-0.2, -0.15) is 13.2 Å². The van der Waals surface area contributed by atoms with Gasteiger partial charge in [0.2, 0.25) is 0 Å². The fourth-order valence-electron chi connectivity index (χ4n) is 1.60. The van der Waals surface area contributed by atoms with E-state index in [1.807, 2.05) is 0 Å². The van der Waals surface area contributed by atoms with E-state index < -0.39 is 21.6 Å². The number of rotatable bonds is 6. The minimum atomic E-state index is -4.55. The zero-order chi connectivity index (χ0) is 16.3. The summed E-state index contributed by atoms with van der Waals surface area (Å²) in [7, 11) is -3.14. The Labute approximate surface area is 126 Å². The average Bonchev–Trinajstić information content (AvgIpc) is 2.37. The summed E-state index contributed by atoms with van der Waals surface area (Å²) in [5, 5.41) is 2.75. The molecule has 9 heteroatoms. The molecule has 0 unspecified atom stereocenters. The Balaban J connectivity index is 2.92. The van der Waals surface area contributed by atoms with E-state index in [4.69, 9.17) is 5.73 Å². The number of hydrogen-bond donors (Lipinski definition) is 2. The molecule has 1 rings (SSSR count). The fraction of sp³-hybridized carbons (Fsp3) is 0.417. The van der Waals surface area contributed by atoms with Gasteiger partial charge >= 0.3 is 6.18 Å². The Bertz CT molecular complexity index is 628. The van der Waals surface area contributed by atoms with Crippen molar-refractivity contribution in [2.24, 2.45) is 5.73 Å². The largest absolute Gasteiger partial charge is 0.417 e. The predicted octanol–water partition coefficient (Wildman–Crippen LogP) is 2.19. The molecule has 0 saturated heterocycles. The summed E-state index contributed by atoms with van der Waals surface area (Å²) in [5.41, 5.74) is 4.43. The number of anilines is 1. The minimum absolute atomic E-state index is 0.0137. The molecule has 1 aromatic carbocycles. The van der Waals surface area contributed by atoms with Gasteiger partial charge in [-0.3, -0.25) is 0 Å². The standard InChI is InChI=1S/C12H15F3N2O2S2/c1-2-21(18,19)6-5-17-8-3-4-10(12(13,14)15)9(7-8)11(16)20/h3-4,7,17H,2,5-6H2,1H3,(H2,16,20). The van der Waals surface area contributed by atoms with Gasteiger partial charge < -0.3 is 11.1 Å². The topological polar surface area (TPSA) is 72.2 Å². The number of alkyl halides is 3. The second kappa shape index (κ2) is 6.61. The smallest absolute Gasteiger partial charge is 0.389 e. The summed E-state index contributed by atoms with van der Waals surface area (Å²) >= 11 is 4.62. The van der Waals surface area contributed by atoms with Crippen molar-refractivity contribution in [2.75, 3.05) is 23.4 Å². The van der Waals surface area contributed by atoms with Crippen molar-refractivity contribution in [3.05, 3.63) is 29.3 Å². The van der Waals surface area contributed by atoms with Crippen LogP contribution in [0.15, 0.2) is 18.2 Å². The Hall–Kier alpha value is -1.35. The molecule has 4 nitrogen and oxygen atoms in total. The predicted molar refractivity (Wildman–Crippen MR) is 80.1 cm³/mol. The maximum absolute atomic E-state index is 12.8. The van der Waals surface area contributed by atoms with Gasteiger partial charge in [-0.05, 0) is 18.2 Å². The molecule has 0 atom stereocenters. The van der Waals surface area contributed by atoms with E-state index in [2.05, 4.69) is 17.5 Å². The molecular weight excluding hydrogens is 325 g/mol. The second-order valence-electron chi connectivity index (χ2n) is 4.29. The SMILES string of the molecule is CCS(=O)(=O)CCNc1ccc(C(F)(F)F)c(C(N)=S)c1. The zero-order valence-corrected chi connectivity index (χ0v) is 12.8. The highest BCUT2D eigenvalue weighted by Crippen LogP contribution is 2.33. The molecule has 0 heterocycles. The van der Waals surface area contributed by atoms with Crippen LogP contribution in [0.5, 0.6) is 0 Å². The second-order valence-corrected chi connectivity index (χ2v) is 7.20. The fourth-order valence-corrected chi connectivity index (χ4v) is 2.47. The lowest BCUT2D eigenvalue weighted by atomic mass is 10.1. The number of nitrogens with one attached hydrogen (secondary N) is 1. The van der Waals surface area contributed by atoms with Gasteiger partial charge in [-0.15, -0.1) is 0 Å². The molecule has 0 spiro atoms. The van der Waals surface area contributed by atoms with Crippen LogP contribution in [-0.2, 0) is 16.0 Å². The van der Waals surface area contributed by atoms with Crippen LogP contribution in [0.3, 0.4) is 0 Å². The summed E-state index contributed by atoms with van der Waals surface area (Å²) in [6, 6.07) is 3.25. The molecular formula is C12H15F3N2O2S2. The van der Waals surface area contributed by atoms with Gasteiger partial charge in [0.1, 0.15) is 4.99 Å². The summed E-state index contributed by atoms with van der Waals surface area (Å²) in [4.78, 5) is -0.368. The molecule has 0 radical (unpaired) electrons. The van der Waals surface area contributed by atoms with Crippen molar-refractivity contribution in [3.8, 4) is 0 Å². The van der Waals surface area contributed by atoms with Gasteiger partial charge in [0.25, 0.3) is 0 Å². The maximum atomic E-state index is 12.8. The van der Waals surface area contributed by atoms with Crippen LogP contribution in [0.4, 0.5) is 18.9 Å². The lowest BCUT2D eigenvalue weighted by molar-refractivity contribution is -0.137. The molecule has 0 saturated carbocycles. The first kappa shape index (κ1) is 17.7. The first-order chi connectivity index (χ1) is 9.57. The maximum Gasteiger partial charge on any atom is 0.417 e. The number of thiocarbonyl (C=S) groups is 1. The molecule has 0 fully saturated rings. The van der Waals surface area contributed by atoms with Crippen molar-refractivity contribution in [1.29, 1.82) is 0 Å². The van der Waals surface area contributed by atoms with E-state index >= 15 is 0 Å². The van der Waals surface area contributed by atoms with Crippen LogP contribution >= 0.6 is 12.2 Å². The molecule has 118 valence electrons. The normalized spacial score (nSPS) is 12.2. The highest BCUT2D eigenvalue weighted by molar-refractivity contribution is 7.91. The number of nitrogens with two attached hydrogens (primary N) is 1. The Morgan fingerprint density at radius 2 is 2.00 bits per heavy atom. The number of hydrogen-bond acceptors (Lipinski definition) is 4. The van der Waals surface area contributed by atoms with E-state index in [1.54, 1.807) is 0 Å². The van der Waals surface area contributed by atoms with Crippen molar-refractivity contribution in [1.82, 2.24) is 0 Å². The third-order valence-corrected chi connectivity index (χ3v) is 4.70. The minimum Gasteiger partial charge on any atom is -0.389 e. The number of benzene rings is 1. The van der Waals surface area contributed by atoms with Crippen LogP contribution < -0.4 is 11.1 Å². The Morgan fingerprint density at radius 3 is 2.48 bits per heavy atom. The van der Waals surface area contributed by atoms with E-state index in [-0.39, 0.29) is 28.6 Å². The summed E-state index contributed by atoms with van der Waals surface area (Å²) < 4.78 is 61.0. The number of halogens is 3. The van der Waals surface area contributed by atoms with E-state index in [1.165, 1.54) is 19.1 Å². The third-order valence-electron chi connectivity index (χ3n) is 2.77. The van der Waals surface area contributed by atoms with Crippen molar-refractivity contribution in [2.45, 2.75) is 13.1 Å². The van der Waals surface area contributed by atoms with Gasteiger partial charge in [0.05, 0.1) is 11.3 Å². The summed E-state index contributed by atoms with van der Waals surface area (Å²) in [6.07, 6.45) is -4.55. The van der Waals surface area contributed by atoms with Crippen LogP contribution in [0.2, 0.25) is 0 Å². The van der Waals surface area contributed by atoms with Crippen molar-refractivity contribution >= 4 is 32.7 Å². The van der Waals surface area contributed by atoms with Gasteiger partial charge in [-0.25, -0.2) is 8.42 Å². The lowest BCUT2D eigenvalue weighted by Gasteiger charge is -2.14. The van der Waals surface area contributed by atoms with E-state index in [0.717, 1.165) is 6.07 Å². The summed E-state index contributed by atoms with van der Waals surface area (Å²) in [5.74, 6) is -0.0905. The van der Waals surface area contributed by atoms with Crippen LogP contribution in [0.25, 0.3) is 0 Å². The van der Waals surface area contributed by atoms with Gasteiger partial charge in [0, 0.05) is 23.5 Å². The Kier molecular flexibility index (Phi) is 5.57. The van der Waals surface area contributed by atoms with Crippen molar-refractivity contribution < 1.29 is 21.6 Å². The highest BCUT2D eigenvalue weighted by atomic mass is 32.2. The van der Waals surface area contributed by atoms with Crippen molar-refractivity contribution in [3.63, 3.8) is 0 Å². The lowest BCUT2D eigenvalue weighted by Crippen LogP contribution is -2.20. The molecule has 0 aromatic heterocycles. The zero-order valence-electron chi connectivity index (χ0n) is 11.2. The first-order valence-electron chi connectivity index (χ1n) is 6.02. The quantitative estimate of drug-likeness (QED) is 0.777. The monoisotopic (exact) mass is 340 g/mol. The van der Waals surface area contributed by atoms with Crippen LogP contribution in [-0.4, -0.2) is 31.5 Å². The molecule has 0 aliphatic rings. The first-order valence-corrected chi connectivity index (χ1v) is 8.25. The van der Waals surface area contributed by atoms with Gasteiger partial charge in [-0.1, -0.05) is 19.1 Å². The molecule has 3 N–H and O–H groups in total. The molecule has 0 aliphatic heterocycles. The van der Waals surface area contributed by atoms with Crippen LogP contribution in [0, 0.1) is 0 Å². The molecule has 21 heavy (non-hydrogen) atoms. The number of sulfone groups is 1. The van der Waals surface area contributed by atoms with E-state index in [9.17, 15) is 21.6 Å². The third kappa shape index (κ3) is 5.16. The average molecular weight is 340 g/mol. The Morgan fingerprint density at radius 1 is 1.38 bits per heavy atom. The molecule has 1 aromatic rings.